The van der Waals surface area contributed by atoms with Crippen molar-refractivity contribution in [1.82, 2.24) is 43.6 Å². The van der Waals surface area contributed by atoms with Crippen molar-refractivity contribution in [3.63, 3.8) is 0 Å². The second-order valence-corrected chi connectivity index (χ2v) is 36.4. The number of hydrogen-bond donors (Lipinski definition) is 1. The zero-order valence-corrected chi connectivity index (χ0v) is 78.5. The molecule has 17 rings (SSSR count). The summed E-state index contributed by atoms with van der Waals surface area (Å²) in [6.45, 7) is 2.23. The van der Waals surface area contributed by atoms with Crippen LogP contribution in [0.25, 0.3) is 49.8 Å². The van der Waals surface area contributed by atoms with Gasteiger partial charge in [0.15, 0.2) is 0 Å². The number of ether oxygens (including phenoxy) is 5. The van der Waals surface area contributed by atoms with Crippen molar-refractivity contribution in [3.8, 4) is 45.8 Å². The molecular formula is C91H82Br2F6N12O14S3Zn. The van der Waals surface area contributed by atoms with Crippen LogP contribution in [0.4, 0.5) is 44.2 Å². The van der Waals surface area contributed by atoms with Crippen LogP contribution < -0.4 is 53.7 Å². The zero-order chi connectivity index (χ0) is 92.3. The zero-order valence-electron chi connectivity index (χ0n) is 69.9. The number of alkyl halides is 6. The Morgan fingerprint density at radius 1 is 0.434 bits per heavy atom. The van der Waals surface area contributed by atoms with E-state index < -0.39 is 59.8 Å². The number of hydrogen-bond acceptors (Lipinski definition) is 20. The van der Waals surface area contributed by atoms with Crippen molar-refractivity contribution in [2.75, 3.05) is 48.9 Å². The number of pyridine rings is 3. The first-order chi connectivity index (χ1) is 61.8. The van der Waals surface area contributed by atoms with Gasteiger partial charge in [0.1, 0.15) is 28.7 Å². The molecule has 14 aromatic rings. The van der Waals surface area contributed by atoms with Gasteiger partial charge in [-0.25, -0.2) is 68.5 Å². The number of halogens is 8. The molecule has 3 aliphatic rings. The van der Waals surface area contributed by atoms with Crippen molar-refractivity contribution in [2.24, 2.45) is 17.8 Å². The van der Waals surface area contributed by atoms with Crippen LogP contribution >= 0.6 is 29.6 Å². The first kappa shape index (κ1) is 94.6. The summed E-state index contributed by atoms with van der Waals surface area (Å²) in [6.07, 6.45) is 5.35. The van der Waals surface area contributed by atoms with Crippen molar-refractivity contribution in [1.29, 1.82) is 0 Å². The molecule has 0 radical (unpaired) electrons. The standard InChI is InChI=1S/C33H29F3N4O5S.C28H23BrN4O5S.C25H21F3N4O4S.C5H9.BrH.Zn/c1-44-26-8-4-21(5-9-26)20-39(32-37-14-3-15-38-32)46(42,43)27-10-12-28-23(18-27)7-13-31(41)40(28)29-11-6-22(19-30(29)45-2)24-16-25(17-24)33(34,35)36;1-37-22-8-4-19(5-9-22)18-32(28-30-14-3-15-31-28)39(35,36)23-10-12-24-20(16-23)6-13-27(34)33(24)25-11-7-21(29)17-26(25)38-2;1-36-22-14-15(17-11-18(12-17)25(26,27)28)3-6-21(22)32-20-7-5-19(13-16(20)4-8-23(32)33)37(34,35)31-24-29-9-2-10-30-24;1-5-3-2-4-5;;/h3-15,18-19,24-25H,16-17,20H2,1-2H3;3-17H,18H2,1-2H3;2-10,13-14,17-18H,11-12H2,1H3,(H,29,30,31);2,5H,3-4H2,1H3;1H;/q;;;-1;;+2/p-1. The summed E-state index contributed by atoms with van der Waals surface area (Å²) >= 11 is 7.67. The molecule has 26 nitrogen and oxygen atoms in total. The summed E-state index contributed by atoms with van der Waals surface area (Å²) in [5.41, 5.74) is 4.41. The van der Waals surface area contributed by atoms with Crippen LogP contribution in [0, 0.1) is 24.2 Å². The molecule has 6 aromatic heterocycles. The molecule has 3 saturated carbocycles. The number of methoxy groups -OCH3 is 5. The number of fused-ring (bicyclic) bond motifs is 3. The van der Waals surface area contributed by atoms with E-state index in [1.54, 1.807) is 148 Å². The van der Waals surface area contributed by atoms with Gasteiger partial charge in [-0.05, 0) is 217 Å². The molecule has 0 amide bonds. The van der Waals surface area contributed by atoms with Gasteiger partial charge in [-0.15, -0.1) is 0 Å². The van der Waals surface area contributed by atoms with E-state index in [1.165, 1.54) is 180 Å². The minimum absolute atomic E-state index is 0.000964. The van der Waals surface area contributed by atoms with Gasteiger partial charge in [-0.1, -0.05) is 65.2 Å². The van der Waals surface area contributed by atoms with E-state index in [-0.39, 0.29) is 94.3 Å². The van der Waals surface area contributed by atoms with Gasteiger partial charge in [0.2, 0.25) is 17.8 Å². The van der Waals surface area contributed by atoms with E-state index >= 15 is 0 Å². The summed E-state index contributed by atoms with van der Waals surface area (Å²) < 4.78 is 196. The van der Waals surface area contributed by atoms with E-state index in [1.807, 2.05) is 0 Å². The van der Waals surface area contributed by atoms with Gasteiger partial charge in [0.25, 0.3) is 46.7 Å². The maximum atomic E-state index is 14.1. The summed E-state index contributed by atoms with van der Waals surface area (Å²) in [5, 5.41) is 1.48. The Hall–Kier alpha value is -12.0. The number of sulfonamides is 3. The maximum absolute atomic E-state index is 14.1. The number of nitrogens with zero attached hydrogens (tertiary/aromatic N) is 11. The third-order valence-corrected chi connectivity index (χ3v) is 27.2. The SMILES string of the molecule is CC1C[CH-]C1.COc1cc(C2CC(C(F)(F)F)C2)ccc1-n1c(=O)ccc2cc(S(=O)(=O)Nc3ncccn3)ccc21.COc1ccc(CN(c2ncccn2)S(=O)(=O)c2ccc3c(ccc(=O)n3-c3ccc(Br)cc3OC)c2)cc1.COc1ccc(CN(c2ncccn2)S(=O)(=O)c2ccc3c(ccc(=O)n3-c3ccc(C4CC(C(F)(F)F)C4)cc3OC)c2)cc1.[Zn+][Br]. The topological polar surface area (TPSA) is 310 Å². The fourth-order valence-corrected chi connectivity index (χ4v) is 18.9. The van der Waals surface area contributed by atoms with Crippen molar-refractivity contribution in [3.05, 3.63) is 314 Å². The minimum atomic E-state index is -4.22. The number of anilines is 3. The van der Waals surface area contributed by atoms with Crippen molar-refractivity contribution >= 4 is 110 Å². The van der Waals surface area contributed by atoms with Crippen LogP contribution in [-0.4, -0.2) is 117 Å². The van der Waals surface area contributed by atoms with Crippen LogP contribution in [0.1, 0.15) is 79.5 Å². The quantitative estimate of drug-likeness (QED) is 0.0353. The monoisotopic (exact) mass is 2000 g/mol. The molecule has 8 aromatic carbocycles. The summed E-state index contributed by atoms with van der Waals surface area (Å²) in [7, 11) is -4.84. The molecule has 0 bridgehead atoms. The van der Waals surface area contributed by atoms with Crippen LogP contribution in [0.5, 0.6) is 28.7 Å². The Balaban J connectivity index is 0.000000160. The fraction of sp³-hybridized carbons (Fsp3) is 0.231. The van der Waals surface area contributed by atoms with E-state index in [0.29, 0.717) is 95.2 Å². The molecule has 0 saturated heterocycles. The molecule has 6 heterocycles. The van der Waals surface area contributed by atoms with E-state index in [0.717, 1.165) is 24.6 Å². The molecular weight excluding hydrogens is 1920 g/mol. The average Bonchev–Trinajstić information content (AvgIpc) is 0.756. The summed E-state index contributed by atoms with van der Waals surface area (Å²) in [6, 6.07) is 56.1. The molecule has 0 aliphatic heterocycles. The second kappa shape index (κ2) is 40.8. The molecule has 3 fully saturated rings. The van der Waals surface area contributed by atoms with Crippen LogP contribution in [-0.2, 0) is 59.5 Å². The fourth-order valence-electron chi connectivity index (χ4n) is 14.8. The van der Waals surface area contributed by atoms with Gasteiger partial charge < -0.3 is 30.1 Å². The van der Waals surface area contributed by atoms with Gasteiger partial charge in [-0.2, -0.15) is 39.2 Å². The van der Waals surface area contributed by atoms with Gasteiger partial charge in [-0.3, -0.25) is 28.1 Å². The molecule has 0 unspecified atom stereocenters. The van der Waals surface area contributed by atoms with E-state index in [2.05, 4.69) is 77.5 Å². The van der Waals surface area contributed by atoms with Crippen molar-refractivity contribution < 1.29 is 91.6 Å². The number of rotatable bonds is 23. The van der Waals surface area contributed by atoms with Crippen LogP contribution in [0.15, 0.2) is 283 Å². The molecule has 3 aliphatic carbocycles. The molecule has 129 heavy (non-hydrogen) atoms. The summed E-state index contributed by atoms with van der Waals surface area (Å²) in [4.78, 5) is 63.5. The number of benzene rings is 8. The van der Waals surface area contributed by atoms with E-state index in [9.17, 15) is 66.0 Å². The number of nitrogens with one attached hydrogen (secondary N) is 1. The normalized spacial score (nSPS) is 15.5. The third-order valence-electron chi connectivity index (χ3n) is 22.0. The first-order valence-corrected chi connectivity index (χ1v) is 51.9. The predicted octanol–water partition coefficient (Wildman–Crippen LogP) is 18.3. The average molecular weight is 2000 g/mol. The molecule has 0 spiro atoms. The Morgan fingerprint density at radius 3 is 1.10 bits per heavy atom. The van der Waals surface area contributed by atoms with Gasteiger partial charge in [0, 0.05) is 76.0 Å². The second-order valence-electron chi connectivity index (χ2n) is 30.0. The molecule has 38 heteroatoms. The van der Waals surface area contributed by atoms with Crippen LogP contribution in [0.2, 0.25) is 0 Å². The summed E-state index contributed by atoms with van der Waals surface area (Å²) in [5.74, 6) is 0.225. The van der Waals surface area contributed by atoms with Crippen molar-refractivity contribution in [2.45, 2.75) is 97.4 Å². The number of aromatic nitrogens is 9. The Kier molecular flexibility index (Phi) is 29.9. The molecule has 1 N–H and O–H groups in total. The Morgan fingerprint density at radius 2 is 0.767 bits per heavy atom. The Bertz CT molecular complexity index is 6920. The third kappa shape index (κ3) is 21.6. The Labute approximate surface area is 763 Å². The van der Waals surface area contributed by atoms with Gasteiger partial charge >= 0.3 is 42.3 Å². The molecule has 666 valence electrons. The van der Waals surface area contributed by atoms with Crippen LogP contribution in [0.3, 0.4) is 0 Å². The van der Waals surface area contributed by atoms with E-state index in [4.69, 9.17) is 23.7 Å². The predicted molar refractivity (Wildman–Crippen MR) is 480 cm³/mol. The van der Waals surface area contributed by atoms with Gasteiger partial charge in [0.05, 0.1) is 109 Å². The molecule has 0 atom stereocenters. The first-order valence-electron chi connectivity index (χ1n) is 39.8.